The number of halogens is 5. The highest BCUT2D eigenvalue weighted by atomic mass is 35.5. The summed E-state index contributed by atoms with van der Waals surface area (Å²) in [6.45, 7) is 3.49. The maximum atomic E-state index is 15.3. The molecule has 3 nitrogen and oxygen atoms in total. The summed E-state index contributed by atoms with van der Waals surface area (Å²) in [6, 6.07) is 8.81. The minimum atomic E-state index is -3.45. The fraction of sp³-hybridized carbons (Fsp3) is 0.576. The van der Waals surface area contributed by atoms with Crippen molar-refractivity contribution in [2.24, 2.45) is 17.8 Å². The second kappa shape index (κ2) is 13.5. The first-order chi connectivity index (χ1) is 19.7. The third kappa shape index (κ3) is 7.47. The molecule has 0 radical (unpaired) electrons. The van der Waals surface area contributed by atoms with Crippen LogP contribution in [-0.2, 0) is 9.47 Å². The molecule has 2 saturated carbocycles. The number of allylic oxidation sites excluding steroid dienone is 2. The first-order valence-corrected chi connectivity index (χ1v) is 15.3. The zero-order valence-corrected chi connectivity index (χ0v) is 24.2. The van der Waals surface area contributed by atoms with Gasteiger partial charge in [-0.05, 0) is 106 Å². The van der Waals surface area contributed by atoms with E-state index in [-0.39, 0.29) is 41.6 Å². The van der Waals surface area contributed by atoms with Crippen molar-refractivity contribution in [3.63, 3.8) is 0 Å². The van der Waals surface area contributed by atoms with E-state index in [1.165, 1.54) is 12.1 Å². The third-order valence-electron chi connectivity index (χ3n) is 9.14. The van der Waals surface area contributed by atoms with Crippen LogP contribution in [0, 0.1) is 29.4 Å². The summed E-state index contributed by atoms with van der Waals surface area (Å²) in [4.78, 5) is 0. The van der Waals surface area contributed by atoms with Crippen molar-refractivity contribution in [3.05, 3.63) is 76.3 Å². The van der Waals surface area contributed by atoms with Crippen LogP contribution in [0.15, 0.2) is 48.6 Å². The fourth-order valence-corrected chi connectivity index (χ4v) is 6.79. The molecule has 0 unspecified atom stereocenters. The molecule has 2 aromatic rings. The predicted octanol–water partition coefficient (Wildman–Crippen LogP) is 9.79. The number of ether oxygens (including phenoxy) is 3. The van der Waals surface area contributed by atoms with E-state index in [0.29, 0.717) is 36.2 Å². The Bertz CT molecular complexity index is 1180. The maximum Gasteiger partial charge on any atom is 0.400 e. The van der Waals surface area contributed by atoms with Gasteiger partial charge >= 0.3 is 6.11 Å². The molecule has 0 aromatic heterocycles. The van der Waals surface area contributed by atoms with Gasteiger partial charge in [0.1, 0.15) is 17.4 Å². The molecule has 0 amide bonds. The van der Waals surface area contributed by atoms with Crippen LogP contribution in [0.2, 0.25) is 5.02 Å². The number of benzene rings is 2. The lowest BCUT2D eigenvalue weighted by atomic mass is 9.76. The van der Waals surface area contributed by atoms with Crippen molar-refractivity contribution >= 4 is 11.6 Å². The van der Waals surface area contributed by atoms with Crippen molar-refractivity contribution in [2.75, 3.05) is 13.2 Å². The van der Waals surface area contributed by atoms with Gasteiger partial charge in [-0.1, -0.05) is 35.9 Å². The molecule has 224 valence electrons. The molecule has 41 heavy (non-hydrogen) atoms. The van der Waals surface area contributed by atoms with E-state index in [1.54, 1.807) is 6.07 Å². The van der Waals surface area contributed by atoms with E-state index in [0.717, 1.165) is 56.9 Å². The highest BCUT2D eigenvalue weighted by Crippen LogP contribution is 2.45. The Labute approximate surface area is 245 Å². The number of hydrogen-bond acceptors (Lipinski definition) is 3. The van der Waals surface area contributed by atoms with Gasteiger partial charge in [-0.25, -0.2) is 8.78 Å². The maximum absolute atomic E-state index is 15.3. The monoisotopic (exact) mass is 594 g/mol. The molecule has 0 bridgehead atoms. The van der Waals surface area contributed by atoms with Gasteiger partial charge in [0, 0.05) is 17.9 Å². The summed E-state index contributed by atoms with van der Waals surface area (Å²) < 4.78 is 75.6. The molecular formula is C33H39ClF4O3. The van der Waals surface area contributed by atoms with Crippen molar-refractivity contribution < 1.29 is 31.8 Å². The van der Waals surface area contributed by atoms with E-state index < -0.39 is 17.8 Å². The smallest absolute Gasteiger partial charge is 0.400 e. The second-order valence-corrected chi connectivity index (χ2v) is 12.3. The summed E-state index contributed by atoms with van der Waals surface area (Å²) >= 11 is 5.63. The molecule has 3 aliphatic rings. The molecule has 0 atom stereocenters. The van der Waals surface area contributed by atoms with Gasteiger partial charge in [0.2, 0.25) is 0 Å². The van der Waals surface area contributed by atoms with Gasteiger partial charge in [-0.15, -0.1) is 0 Å². The fourth-order valence-electron chi connectivity index (χ4n) is 6.67. The van der Waals surface area contributed by atoms with Crippen molar-refractivity contribution in [1.29, 1.82) is 0 Å². The molecule has 1 aliphatic heterocycles. The Hall–Kier alpha value is -2.09. The number of alkyl halides is 2. The van der Waals surface area contributed by atoms with Gasteiger partial charge in [-0.2, -0.15) is 8.78 Å². The first-order valence-electron chi connectivity index (χ1n) is 14.9. The lowest BCUT2D eigenvalue weighted by Gasteiger charge is -2.37. The lowest BCUT2D eigenvalue weighted by molar-refractivity contribution is -0.228. The summed E-state index contributed by atoms with van der Waals surface area (Å²) in [5, 5.41) is -0.153. The molecule has 8 heteroatoms. The standard InChI is InChI=1S/C33H39ClF4O3/c1-2-3-4-21-19-39-32(40-20-21)24-7-5-22(6-8-24)25-11-15-28(30(35)17-25)23-9-12-26(13-10-23)33(37,38)41-27-14-16-29(34)31(36)18-27/h2-3,11,14-18,21-24,26,32H,4-10,12-13,19-20H2,1H3. The van der Waals surface area contributed by atoms with Crippen LogP contribution in [-0.4, -0.2) is 25.6 Å². The Balaban J connectivity index is 1.10. The zero-order valence-electron chi connectivity index (χ0n) is 23.5. The van der Waals surface area contributed by atoms with Crippen molar-refractivity contribution in [1.82, 2.24) is 0 Å². The van der Waals surface area contributed by atoms with Crippen LogP contribution >= 0.6 is 11.6 Å². The lowest BCUT2D eigenvalue weighted by Crippen LogP contribution is -2.38. The van der Waals surface area contributed by atoms with Gasteiger partial charge in [-0.3, -0.25) is 0 Å². The summed E-state index contributed by atoms with van der Waals surface area (Å²) in [5.74, 6) is -1.37. The topological polar surface area (TPSA) is 27.7 Å². The predicted molar refractivity (Wildman–Crippen MR) is 151 cm³/mol. The van der Waals surface area contributed by atoms with Gasteiger partial charge in [0.05, 0.1) is 24.2 Å². The van der Waals surface area contributed by atoms with Crippen molar-refractivity contribution in [3.8, 4) is 5.75 Å². The SMILES string of the molecule is CC=CCC1COC(C2CCC(c3ccc(C4CCC(C(F)(F)Oc5ccc(Cl)c(F)c5)CC4)c(F)c3)CC2)OC1. The summed E-state index contributed by atoms with van der Waals surface area (Å²) in [6.07, 6.45) is 6.77. The van der Waals surface area contributed by atoms with Crippen molar-refractivity contribution in [2.45, 2.75) is 88.9 Å². The third-order valence-corrected chi connectivity index (χ3v) is 9.44. The van der Waals surface area contributed by atoms with Crippen LogP contribution in [0.4, 0.5) is 17.6 Å². The quantitative estimate of drug-likeness (QED) is 0.225. The van der Waals surface area contributed by atoms with E-state index in [1.807, 2.05) is 19.1 Å². The minimum absolute atomic E-state index is 0.114. The number of hydrogen-bond donors (Lipinski definition) is 0. The molecule has 2 aliphatic carbocycles. The Kier molecular flexibility index (Phi) is 9.98. The molecule has 2 aromatic carbocycles. The molecule has 1 heterocycles. The zero-order chi connectivity index (χ0) is 29.0. The van der Waals surface area contributed by atoms with E-state index in [4.69, 9.17) is 25.8 Å². The summed E-state index contributed by atoms with van der Waals surface area (Å²) in [7, 11) is 0. The average molecular weight is 595 g/mol. The van der Waals surface area contributed by atoms with Crippen LogP contribution in [0.1, 0.15) is 87.7 Å². The van der Waals surface area contributed by atoms with Gasteiger partial charge < -0.3 is 14.2 Å². The van der Waals surface area contributed by atoms with E-state index in [9.17, 15) is 13.2 Å². The van der Waals surface area contributed by atoms with Gasteiger partial charge in [0.25, 0.3) is 0 Å². The van der Waals surface area contributed by atoms with Crippen LogP contribution in [0.25, 0.3) is 0 Å². The van der Waals surface area contributed by atoms with Gasteiger partial charge in [0.15, 0.2) is 6.29 Å². The molecule has 0 spiro atoms. The first kappa shape index (κ1) is 30.4. The average Bonchev–Trinajstić information content (AvgIpc) is 2.98. The Morgan fingerprint density at radius 1 is 0.878 bits per heavy atom. The van der Waals surface area contributed by atoms with E-state index in [2.05, 4.69) is 12.2 Å². The molecule has 0 N–H and O–H groups in total. The molecule has 1 saturated heterocycles. The molecule has 5 rings (SSSR count). The Morgan fingerprint density at radius 2 is 1.56 bits per heavy atom. The normalized spacial score (nSPS) is 29.5. The van der Waals surface area contributed by atoms with Crippen LogP contribution in [0.5, 0.6) is 5.75 Å². The second-order valence-electron chi connectivity index (χ2n) is 11.9. The van der Waals surface area contributed by atoms with E-state index >= 15 is 4.39 Å². The molecular weight excluding hydrogens is 556 g/mol. The highest BCUT2D eigenvalue weighted by molar-refractivity contribution is 6.30. The summed E-state index contributed by atoms with van der Waals surface area (Å²) in [5.41, 5.74) is 1.60. The largest absolute Gasteiger partial charge is 0.432 e. The number of rotatable bonds is 8. The molecule has 3 fully saturated rings. The highest BCUT2D eigenvalue weighted by Gasteiger charge is 2.44. The van der Waals surface area contributed by atoms with Crippen LogP contribution in [0.3, 0.4) is 0 Å². The Morgan fingerprint density at radius 3 is 2.20 bits per heavy atom. The van der Waals surface area contributed by atoms with Crippen LogP contribution < -0.4 is 4.74 Å². The minimum Gasteiger partial charge on any atom is -0.432 e.